The summed E-state index contributed by atoms with van der Waals surface area (Å²) in [4.78, 5) is 12.9. The molecule has 5 nitrogen and oxygen atoms in total. The van der Waals surface area contributed by atoms with E-state index in [1.54, 1.807) is 30.3 Å². The first-order valence-electron chi connectivity index (χ1n) is 10.0. The zero-order valence-electron chi connectivity index (χ0n) is 17.1. The molecule has 0 bridgehead atoms. The second kappa shape index (κ2) is 9.42. The molecule has 0 unspecified atom stereocenters. The molecule has 0 aliphatic heterocycles. The Kier molecular flexibility index (Phi) is 6.44. The van der Waals surface area contributed by atoms with Gasteiger partial charge in [-0.3, -0.25) is 9.10 Å². The molecule has 1 N–H and O–H groups in total. The lowest BCUT2D eigenvalue weighted by molar-refractivity contribution is -0.119. The van der Waals surface area contributed by atoms with Gasteiger partial charge in [0.05, 0.1) is 10.6 Å². The molecule has 4 aromatic carbocycles. The van der Waals surface area contributed by atoms with Gasteiger partial charge in [0.25, 0.3) is 10.0 Å². The maximum absolute atomic E-state index is 13.3. The lowest BCUT2D eigenvalue weighted by atomic mass is 10.0. The van der Waals surface area contributed by atoms with E-state index in [1.807, 2.05) is 42.5 Å². The lowest BCUT2D eigenvalue weighted by Gasteiger charge is -2.24. The summed E-state index contributed by atoms with van der Waals surface area (Å²) in [5.41, 5.74) is 1.37. The van der Waals surface area contributed by atoms with Crippen molar-refractivity contribution in [2.45, 2.75) is 11.4 Å². The molecule has 0 atom stereocenters. The highest BCUT2D eigenvalue weighted by Crippen LogP contribution is 2.24. The van der Waals surface area contributed by atoms with E-state index < -0.39 is 15.9 Å². The van der Waals surface area contributed by atoms with Gasteiger partial charge < -0.3 is 5.32 Å². The highest BCUT2D eigenvalue weighted by Gasteiger charge is 2.27. The Morgan fingerprint density at radius 3 is 2.22 bits per heavy atom. The van der Waals surface area contributed by atoms with E-state index in [1.165, 1.54) is 24.3 Å². The minimum Gasteiger partial charge on any atom is -0.350 e. The average molecular weight is 465 g/mol. The van der Waals surface area contributed by atoms with Crippen molar-refractivity contribution in [3.8, 4) is 0 Å². The molecule has 0 aliphatic rings. The fourth-order valence-corrected chi connectivity index (χ4v) is 5.02. The topological polar surface area (TPSA) is 66.5 Å². The molecule has 32 heavy (non-hydrogen) atoms. The van der Waals surface area contributed by atoms with Crippen LogP contribution in [-0.2, 0) is 21.4 Å². The number of nitrogens with one attached hydrogen (secondary N) is 1. The SMILES string of the molecule is O=C(CN(c1ccccc1)S(=O)(=O)c1ccc(Cl)cc1)NCc1cccc2ccccc12. The fraction of sp³-hybridized carbons (Fsp3) is 0.0800. The number of hydrogen-bond donors (Lipinski definition) is 1. The average Bonchev–Trinajstić information content (AvgIpc) is 2.82. The molecule has 0 aromatic heterocycles. The number of fused-ring (bicyclic) bond motifs is 1. The number of carbonyl (C=O) groups is 1. The molecular weight excluding hydrogens is 444 g/mol. The normalized spacial score (nSPS) is 11.3. The first-order chi connectivity index (χ1) is 15.4. The molecule has 0 radical (unpaired) electrons. The summed E-state index contributed by atoms with van der Waals surface area (Å²) in [6.45, 7) is -0.0520. The van der Waals surface area contributed by atoms with Gasteiger partial charge in [-0.15, -0.1) is 0 Å². The van der Waals surface area contributed by atoms with E-state index in [0.29, 0.717) is 17.3 Å². The van der Waals surface area contributed by atoms with Gasteiger partial charge >= 0.3 is 0 Å². The second-order valence-electron chi connectivity index (χ2n) is 7.22. The number of nitrogens with zero attached hydrogens (tertiary/aromatic N) is 1. The van der Waals surface area contributed by atoms with E-state index in [2.05, 4.69) is 5.32 Å². The molecule has 7 heteroatoms. The Balaban J connectivity index is 1.57. The standard InChI is InChI=1S/C25H21ClN2O3S/c26-21-13-15-23(16-14-21)32(30,31)28(22-10-2-1-3-11-22)18-25(29)27-17-20-9-6-8-19-7-4-5-12-24(19)20/h1-16H,17-18H2,(H,27,29). The molecule has 1 amide bonds. The van der Waals surface area contributed by atoms with Crippen LogP contribution in [0.25, 0.3) is 10.8 Å². The predicted octanol–water partition coefficient (Wildman–Crippen LogP) is 5.00. The number of amides is 1. The first kappa shape index (κ1) is 21.9. The Morgan fingerprint density at radius 2 is 1.47 bits per heavy atom. The van der Waals surface area contributed by atoms with Gasteiger partial charge in [-0.25, -0.2) is 8.42 Å². The Morgan fingerprint density at radius 1 is 0.812 bits per heavy atom. The molecule has 0 aliphatic carbocycles. The summed E-state index contributed by atoms with van der Waals surface area (Å²) in [5, 5.41) is 5.42. The second-order valence-corrected chi connectivity index (χ2v) is 9.51. The number of sulfonamides is 1. The van der Waals surface area contributed by atoms with Crippen LogP contribution >= 0.6 is 11.6 Å². The van der Waals surface area contributed by atoms with E-state index in [-0.39, 0.29) is 11.4 Å². The van der Waals surface area contributed by atoms with Gasteiger partial charge in [-0.05, 0) is 52.7 Å². The van der Waals surface area contributed by atoms with Crippen molar-refractivity contribution in [3.63, 3.8) is 0 Å². The van der Waals surface area contributed by atoms with Gasteiger partial charge in [0.15, 0.2) is 0 Å². The number of para-hydroxylation sites is 1. The van der Waals surface area contributed by atoms with Gasteiger partial charge in [-0.2, -0.15) is 0 Å². The molecular formula is C25H21ClN2O3S. The summed E-state index contributed by atoms with van der Waals surface area (Å²) in [6, 6.07) is 28.3. The van der Waals surface area contributed by atoms with Crippen LogP contribution in [0.1, 0.15) is 5.56 Å². The highest BCUT2D eigenvalue weighted by atomic mass is 35.5. The van der Waals surface area contributed by atoms with Crippen LogP contribution in [0.3, 0.4) is 0 Å². The van der Waals surface area contributed by atoms with Crippen LogP contribution in [-0.4, -0.2) is 20.9 Å². The quantitative estimate of drug-likeness (QED) is 0.418. The zero-order chi connectivity index (χ0) is 22.6. The smallest absolute Gasteiger partial charge is 0.264 e. The van der Waals surface area contributed by atoms with Crippen LogP contribution in [0.4, 0.5) is 5.69 Å². The van der Waals surface area contributed by atoms with Crippen molar-refractivity contribution in [1.29, 1.82) is 0 Å². The van der Waals surface area contributed by atoms with E-state index in [4.69, 9.17) is 11.6 Å². The third kappa shape index (κ3) is 4.77. The van der Waals surface area contributed by atoms with Crippen molar-refractivity contribution < 1.29 is 13.2 Å². The largest absolute Gasteiger partial charge is 0.350 e. The van der Waals surface area contributed by atoms with Gasteiger partial charge in [0, 0.05) is 11.6 Å². The number of rotatable bonds is 7. The molecule has 0 saturated carbocycles. The van der Waals surface area contributed by atoms with Crippen LogP contribution in [0.2, 0.25) is 5.02 Å². The Labute approximate surface area is 192 Å². The highest BCUT2D eigenvalue weighted by molar-refractivity contribution is 7.92. The minimum absolute atomic E-state index is 0.0626. The van der Waals surface area contributed by atoms with Crippen LogP contribution in [0, 0.1) is 0 Å². The molecule has 0 spiro atoms. The summed E-state index contributed by atoms with van der Waals surface area (Å²) >= 11 is 5.91. The summed E-state index contributed by atoms with van der Waals surface area (Å²) < 4.78 is 27.8. The zero-order valence-corrected chi connectivity index (χ0v) is 18.7. The van der Waals surface area contributed by atoms with Crippen molar-refractivity contribution in [2.24, 2.45) is 0 Å². The van der Waals surface area contributed by atoms with Crippen molar-refractivity contribution >= 4 is 44.0 Å². The minimum atomic E-state index is -3.97. The first-order valence-corrected chi connectivity index (χ1v) is 11.8. The van der Waals surface area contributed by atoms with Gasteiger partial charge in [-0.1, -0.05) is 72.3 Å². The molecule has 0 fully saturated rings. The number of halogens is 1. The van der Waals surface area contributed by atoms with Crippen molar-refractivity contribution in [1.82, 2.24) is 5.32 Å². The molecule has 4 aromatic rings. The summed E-state index contributed by atoms with van der Waals surface area (Å²) in [5.74, 6) is -0.403. The number of carbonyl (C=O) groups excluding carboxylic acids is 1. The molecule has 0 saturated heterocycles. The van der Waals surface area contributed by atoms with Crippen LogP contribution < -0.4 is 9.62 Å². The summed E-state index contributed by atoms with van der Waals surface area (Å²) in [7, 11) is -3.97. The predicted molar refractivity (Wildman–Crippen MR) is 128 cm³/mol. The lowest BCUT2D eigenvalue weighted by Crippen LogP contribution is -2.40. The maximum atomic E-state index is 13.3. The van der Waals surface area contributed by atoms with E-state index in [9.17, 15) is 13.2 Å². The van der Waals surface area contributed by atoms with Crippen molar-refractivity contribution in [2.75, 3.05) is 10.8 Å². The molecule has 0 heterocycles. The van der Waals surface area contributed by atoms with E-state index >= 15 is 0 Å². The molecule has 162 valence electrons. The third-order valence-corrected chi connectivity index (χ3v) is 7.13. The van der Waals surface area contributed by atoms with Gasteiger partial charge in [0.1, 0.15) is 6.54 Å². The third-order valence-electron chi connectivity index (χ3n) is 5.09. The summed E-state index contributed by atoms with van der Waals surface area (Å²) in [6.07, 6.45) is 0. The number of anilines is 1. The van der Waals surface area contributed by atoms with E-state index in [0.717, 1.165) is 20.6 Å². The van der Waals surface area contributed by atoms with Crippen LogP contribution in [0.5, 0.6) is 0 Å². The van der Waals surface area contributed by atoms with Crippen LogP contribution in [0.15, 0.2) is 102 Å². The van der Waals surface area contributed by atoms with Gasteiger partial charge in [0.2, 0.25) is 5.91 Å². The monoisotopic (exact) mass is 464 g/mol. The number of hydrogen-bond acceptors (Lipinski definition) is 3. The maximum Gasteiger partial charge on any atom is 0.264 e. The number of benzene rings is 4. The Hall–Kier alpha value is -3.35. The fourth-order valence-electron chi connectivity index (χ4n) is 3.47. The van der Waals surface area contributed by atoms with Crippen molar-refractivity contribution in [3.05, 3.63) is 108 Å². The molecule has 4 rings (SSSR count). The Bertz CT molecular complexity index is 1340.